The Kier molecular flexibility index (Phi) is 5.65. The molecular formula is C16H19NO. The summed E-state index contributed by atoms with van der Waals surface area (Å²) in [4.78, 5) is 12.0. The molecule has 0 heterocycles. The molecule has 0 aromatic carbocycles. The molecule has 1 aliphatic rings. The van der Waals surface area contributed by atoms with Gasteiger partial charge in [-0.05, 0) is 24.5 Å². The van der Waals surface area contributed by atoms with Gasteiger partial charge in [-0.15, -0.1) is 0 Å². The van der Waals surface area contributed by atoms with Crippen LogP contribution >= 0.6 is 0 Å². The summed E-state index contributed by atoms with van der Waals surface area (Å²) in [6.45, 7) is 9.81. The molecule has 0 spiro atoms. The molecule has 0 bridgehead atoms. The van der Waals surface area contributed by atoms with Gasteiger partial charge in [0, 0.05) is 12.1 Å². The fourth-order valence-corrected chi connectivity index (χ4v) is 1.54. The van der Waals surface area contributed by atoms with Gasteiger partial charge in [-0.1, -0.05) is 55.7 Å². The van der Waals surface area contributed by atoms with Crippen molar-refractivity contribution >= 4 is 5.91 Å². The Morgan fingerprint density at radius 2 is 2.17 bits per heavy atom. The van der Waals surface area contributed by atoms with Crippen molar-refractivity contribution in [3.63, 3.8) is 0 Å². The molecule has 94 valence electrons. The maximum absolute atomic E-state index is 12.0. The van der Waals surface area contributed by atoms with Crippen LogP contribution in [-0.2, 0) is 4.79 Å². The first kappa shape index (κ1) is 14.0. The summed E-state index contributed by atoms with van der Waals surface area (Å²) >= 11 is 0. The van der Waals surface area contributed by atoms with E-state index in [1.54, 1.807) is 12.2 Å². The van der Waals surface area contributed by atoms with E-state index in [2.05, 4.69) is 18.5 Å². The Hall–Kier alpha value is -2.09. The zero-order chi connectivity index (χ0) is 13.4. The second kappa shape index (κ2) is 7.28. The standard InChI is InChI=1S/C16H19NO/c1-4-5-9-13(2)12-17-16(18)15-11-8-6-7-10-14(15)3/h4-5,7-11H,1-2,6,12H2,3H3,(H,17,18)/b9-5-. The minimum Gasteiger partial charge on any atom is -0.348 e. The predicted molar refractivity (Wildman–Crippen MR) is 77.1 cm³/mol. The van der Waals surface area contributed by atoms with E-state index < -0.39 is 0 Å². The summed E-state index contributed by atoms with van der Waals surface area (Å²) in [5.74, 6) is -0.0662. The van der Waals surface area contributed by atoms with Gasteiger partial charge in [-0.3, -0.25) is 4.79 Å². The lowest BCUT2D eigenvalue weighted by Crippen LogP contribution is -2.26. The van der Waals surface area contributed by atoms with Crippen molar-refractivity contribution in [1.82, 2.24) is 5.32 Å². The first-order valence-corrected chi connectivity index (χ1v) is 5.94. The summed E-state index contributed by atoms with van der Waals surface area (Å²) in [5.41, 5.74) is 2.53. The Morgan fingerprint density at radius 1 is 1.44 bits per heavy atom. The number of nitrogens with one attached hydrogen (secondary N) is 1. The number of carbonyl (C=O) groups is 1. The summed E-state index contributed by atoms with van der Waals surface area (Å²) in [7, 11) is 0. The van der Waals surface area contributed by atoms with Crippen LogP contribution in [0.4, 0.5) is 0 Å². The van der Waals surface area contributed by atoms with Crippen LogP contribution in [0.25, 0.3) is 0 Å². The normalized spacial score (nSPS) is 14.7. The number of amides is 1. The van der Waals surface area contributed by atoms with Crippen molar-refractivity contribution in [2.45, 2.75) is 13.3 Å². The molecule has 0 unspecified atom stereocenters. The molecule has 1 aliphatic carbocycles. The van der Waals surface area contributed by atoms with Crippen LogP contribution in [0.2, 0.25) is 0 Å². The van der Waals surface area contributed by atoms with Gasteiger partial charge in [-0.2, -0.15) is 0 Å². The lowest BCUT2D eigenvalue weighted by Gasteiger charge is -2.07. The van der Waals surface area contributed by atoms with Crippen LogP contribution in [0, 0.1) is 0 Å². The molecular weight excluding hydrogens is 222 g/mol. The zero-order valence-corrected chi connectivity index (χ0v) is 10.8. The summed E-state index contributed by atoms with van der Waals surface area (Å²) in [6, 6.07) is 0. The molecule has 0 saturated heterocycles. The van der Waals surface area contributed by atoms with Gasteiger partial charge in [0.1, 0.15) is 0 Å². The highest BCUT2D eigenvalue weighted by atomic mass is 16.1. The molecule has 0 radical (unpaired) electrons. The van der Waals surface area contributed by atoms with E-state index in [4.69, 9.17) is 0 Å². The second-order valence-electron chi connectivity index (χ2n) is 4.07. The van der Waals surface area contributed by atoms with Crippen LogP contribution in [0.1, 0.15) is 13.3 Å². The molecule has 2 nitrogen and oxygen atoms in total. The molecule has 18 heavy (non-hydrogen) atoms. The van der Waals surface area contributed by atoms with Crippen LogP contribution in [-0.4, -0.2) is 12.5 Å². The average molecular weight is 241 g/mol. The smallest absolute Gasteiger partial charge is 0.251 e. The first-order valence-electron chi connectivity index (χ1n) is 5.94. The largest absolute Gasteiger partial charge is 0.348 e. The van der Waals surface area contributed by atoms with Gasteiger partial charge in [0.25, 0.3) is 5.91 Å². The van der Waals surface area contributed by atoms with E-state index >= 15 is 0 Å². The third-order valence-corrected chi connectivity index (χ3v) is 2.54. The van der Waals surface area contributed by atoms with E-state index in [-0.39, 0.29) is 5.91 Å². The molecule has 1 amide bonds. The monoisotopic (exact) mass is 241 g/mol. The summed E-state index contributed by atoms with van der Waals surface area (Å²) < 4.78 is 0. The molecule has 0 atom stereocenters. The third kappa shape index (κ3) is 4.42. The molecule has 0 saturated carbocycles. The van der Waals surface area contributed by atoms with Crippen LogP contribution in [0.15, 0.2) is 72.4 Å². The van der Waals surface area contributed by atoms with E-state index in [0.717, 1.165) is 17.6 Å². The number of hydrogen-bond donors (Lipinski definition) is 1. The summed E-state index contributed by atoms with van der Waals surface area (Å²) in [5, 5.41) is 2.85. The Balaban J connectivity index is 2.60. The van der Waals surface area contributed by atoms with Crippen molar-refractivity contribution < 1.29 is 4.79 Å². The van der Waals surface area contributed by atoms with Crippen LogP contribution in [0.5, 0.6) is 0 Å². The van der Waals surface area contributed by atoms with Gasteiger partial charge in [0.05, 0.1) is 0 Å². The molecule has 0 aromatic rings. The van der Waals surface area contributed by atoms with Gasteiger partial charge in [-0.25, -0.2) is 0 Å². The van der Waals surface area contributed by atoms with E-state index in [1.807, 2.05) is 37.3 Å². The Labute approximate surface area is 109 Å². The lowest BCUT2D eigenvalue weighted by atomic mass is 10.1. The summed E-state index contributed by atoms with van der Waals surface area (Å²) in [6.07, 6.45) is 14.0. The highest BCUT2D eigenvalue weighted by Gasteiger charge is 2.09. The van der Waals surface area contributed by atoms with Crippen molar-refractivity contribution in [1.29, 1.82) is 0 Å². The average Bonchev–Trinajstić information content (AvgIpc) is 2.58. The van der Waals surface area contributed by atoms with Gasteiger partial charge >= 0.3 is 0 Å². The van der Waals surface area contributed by atoms with Gasteiger partial charge < -0.3 is 5.32 Å². The molecule has 1 rings (SSSR count). The van der Waals surface area contributed by atoms with Crippen molar-refractivity contribution in [2.75, 3.05) is 6.54 Å². The SMILES string of the molecule is C=C/C=C\C(=C)CNC(=O)C1=C(C)C=CCC=C1. The second-order valence-corrected chi connectivity index (χ2v) is 4.07. The van der Waals surface area contributed by atoms with Crippen LogP contribution < -0.4 is 5.32 Å². The fourth-order valence-electron chi connectivity index (χ4n) is 1.54. The number of hydrogen-bond acceptors (Lipinski definition) is 1. The van der Waals surface area contributed by atoms with Gasteiger partial charge in [0.15, 0.2) is 0 Å². The minimum absolute atomic E-state index is 0.0662. The van der Waals surface area contributed by atoms with E-state index in [1.165, 1.54) is 0 Å². The van der Waals surface area contributed by atoms with E-state index in [0.29, 0.717) is 12.1 Å². The zero-order valence-electron chi connectivity index (χ0n) is 10.8. The van der Waals surface area contributed by atoms with Crippen molar-refractivity contribution in [3.8, 4) is 0 Å². The molecule has 0 aromatic heterocycles. The van der Waals surface area contributed by atoms with Crippen molar-refractivity contribution in [2.24, 2.45) is 0 Å². The topological polar surface area (TPSA) is 29.1 Å². The fraction of sp³-hybridized carbons (Fsp3) is 0.188. The highest BCUT2D eigenvalue weighted by molar-refractivity contribution is 5.97. The maximum atomic E-state index is 12.0. The Morgan fingerprint density at radius 3 is 2.89 bits per heavy atom. The molecule has 1 N–H and O–H groups in total. The van der Waals surface area contributed by atoms with Crippen LogP contribution in [0.3, 0.4) is 0 Å². The maximum Gasteiger partial charge on any atom is 0.251 e. The van der Waals surface area contributed by atoms with Crippen molar-refractivity contribution in [3.05, 3.63) is 72.4 Å². The van der Waals surface area contributed by atoms with Gasteiger partial charge in [0.2, 0.25) is 0 Å². The minimum atomic E-state index is -0.0662. The molecule has 0 aliphatic heterocycles. The Bertz CT molecular complexity index is 461. The quantitative estimate of drug-likeness (QED) is 0.736. The predicted octanol–water partition coefficient (Wildman–Crippen LogP) is 3.23. The first-order chi connectivity index (χ1) is 8.65. The lowest BCUT2D eigenvalue weighted by molar-refractivity contribution is -0.117. The highest BCUT2D eigenvalue weighted by Crippen LogP contribution is 2.12. The molecule has 0 fully saturated rings. The number of rotatable bonds is 5. The third-order valence-electron chi connectivity index (χ3n) is 2.54. The number of carbonyl (C=O) groups excluding carboxylic acids is 1. The molecule has 2 heteroatoms. The van der Waals surface area contributed by atoms with E-state index in [9.17, 15) is 4.79 Å². The number of allylic oxidation sites excluding steroid dienone is 6.